The molecule has 11 heteroatoms. The summed E-state index contributed by atoms with van der Waals surface area (Å²) >= 11 is 13.3. The van der Waals surface area contributed by atoms with E-state index in [0.717, 1.165) is 11.8 Å². The Hall–Kier alpha value is -4.10. The zero-order valence-electron chi connectivity index (χ0n) is 21.4. The van der Waals surface area contributed by atoms with Gasteiger partial charge >= 0.3 is 0 Å². The van der Waals surface area contributed by atoms with Gasteiger partial charge in [0.05, 0.1) is 51.2 Å². The Morgan fingerprint density at radius 3 is 2.55 bits per heavy atom. The van der Waals surface area contributed by atoms with Gasteiger partial charge in [-0.05, 0) is 48.9 Å². The van der Waals surface area contributed by atoms with E-state index in [1.54, 1.807) is 61.5 Å². The summed E-state index contributed by atoms with van der Waals surface area (Å²) in [7, 11) is 1.42. The monoisotopic (exact) mass is 594 g/mol. The lowest BCUT2D eigenvalue weighted by molar-refractivity contribution is -0.114. The van der Waals surface area contributed by atoms with Crippen molar-refractivity contribution in [2.24, 2.45) is 0 Å². The first-order chi connectivity index (χ1) is 19.2. The number of aromatic hydroxyl groups is 1. The van der Waals surface area contributed by atoms with Gasteiger partial charge in [0.2, 0.25) is 5.91 Å². The SMILES string of the molecule is COc1cc(C2C(C#N)=C(SCC(=O)Nc3cccc(Cl)c3Cl)NC(C)=C2C(=O)Nc2ccccc2)ccc1O. The summed E-state index contributed by atoms with van der Waals surface area (Å²) in [5.74, 6) is -1.51. The molecule has 0 aliphatic carbocycles. The normalized spacial score (nSPS) is 14.7. The second kappa shape index (κ2) is 12.8. The maximum atomic E-state index is 13.6. The number of phenolic OH excluding ortho intramolecular Hbond substituents is 1. The minimum atomic E-state index is -0.808. The molecular formula is C29H24Cl2N4O4S. The number of thioether (sulfide) groups is 1. The van der Waals surface area contributed by atoms with Gasteiger partial charge in [-0.3, -0.25) is 9.59 Å². The number of nitrogens with one attached hydrogen (secondary N) is 3. The molecule has 1 unspecified atom stereocenters. The maximum absolute atomic E-state index is 13.6. The summed E-state index contributed by atoms with van der Waals surface area (Å²) in [6.07, 6.45) is 0. The predicted octanol–water partition coefficient (Wildman–Crippen LogP) is 6.41. The average molecular weight is 596 g/mol. The average Bonchev–Trinajstić information content (AvgIpc) is 2.94. The number of hydrogen-bond acceptors (Lipinski definition) is 7. The number of benzene rings is 3. The van der Waals surface area contributed by atoms with Crippen LogP contribution in [0.1, 0.15) is 18.4 Å². The molecule has 3 aromatic rings. The first kappa shape index (κ1) is 28.9. The summed E-state index contributed by atoms with van der Waals surface area (Å²) in [6, 6.07) is 20.8. The number of hydrogen-bond donors (Lipinski definition) is 4. The Morgan fingerprint density at radius 1 is 1.10 bits per heavy atom. The second-order valence-electron chi connectivity index (χ2n) is 8.64. The minimum Gasteiger partial charge on any atom is -0.504 e. The summed E-state index contributed by atoms with van der Waals surface area (Å²) in [4.78, 5) is 26.3. The fraction of sp³-hybridized carbons (Fsp3) is 0.138. The highest BCUT2D eigenvalue weighted by Gasteiger charge is 2.35. The number of carbonyl (C=O) groups excluding carboxylic acids is 2. The van der Waals surface area contributed by atoms with Crippen molar-refractivity contribution >= 4 is 58.2 Å². The van der Waals surface area contributed by atoms with E-state index in [2.05, 4.69) is 22.0 Å². The van der Waals surface area contributed by atoms with E-state index in [1.807, 2.05) is 6.07 Å². The fourth-order valence-corrected chi connectivity index (χ4v) is 5.42. The van der Waals surface area contributed by atoms with Crippen molar-refractivity contribution < 1.29 is 19.4 Å². The number of halogens is 2. The van der Waals surface area contributed by atoms with Gasteiger partial charge in [0.15, 0.2) is 11.5 Å². The molecule has 1 heterocycles. The lowest BCUT2D eigenvalue weighted by Gasteiger charge is -2.30. The third-order valence-electron chi connectivity index (χ3n) is 6.03. The first-order valence-corrected chi connectivity index (χ1v) is 13.7. The molecule has 1 atom stereocenters. The molecule has 0 saturated heterocycles. The Balaban J connectivity index is 1.67. The number of nitrogens with zero attached hydrogens (tertiary/aromatic N) is 1. The highest BCUT2D eigenvalue weighted by Crippen LogP contribution is 2.43. The number of phenols is 1. The molecule has 204 valence electrons. The standard InChI is InChI=1S/C29H24Cl2N4O4S/c1-16-25(28(38)34-18-7-4-3-5-8-18)26(17-11-12-22(36)23(13-17)39-2)19(14-32)29(33-16)40-15-24(37)35-21-10-6-9-20(30)27(21)31/h3-13,26,33,36H,15H2,1-2H3,(H,34,38)(H,35,37). The number of methoxy groups -OCH3 is 1. The predicted molar refractivity (Wildman–Crippen MR) is 158 cm³/mol. The van der Waals surface area contributed by atoms with Gasteiger partial charge < -0.3 is 25.8 Å². The molecule has 40 heavy (non-hydrogen) atoms. The molecule has 1 aliphatic rings. The summed E-state index contributed by atoms with van der Waals surface area (Å²) < 4.78 is 5.28. The van der Waals surface area contributed by atoms with Gasteiger partial charge in [0.25, 0.3) is 5.91 Å². The lowest BCUT2D eigenvalue weighted by Crippen LogP contribution is -2.31. The van der Waals surface area contributed by atoms with Gasteiger partial charge in [-0.1, -0.05) is 65.3 Å². The summed E-state index contributed by atoms with van der Waals surface area (Å²) in [5, 5.41) is 30.2. The highest BCUT2D eigenvalue weighted by molar-refractivity contribution is 8.03. The Kier molecular flexibility index (Phi) is 9.27. The van der Waals surface area contributed by atoms with Crippen molar-refractivity contribution in [1.29, 1.82) is 5.26 Å². The van der Waals surface area contributed by atoms with Crippen LogP contribution >= 0.6 is 35.0 Å². The molecule has 8 nitrogen and oxygen atoms in total. The van der Waals surface area contributed by atoms with Crippen molar-refractivity contribution in [2.45, 2.75) is 12.8 Å². The third-order valence-corrected chi connectivity index (χ3v) is 7.87. The third kappa shape index (κ3) is 6.37. The van der Waals surface area contributed by atoms with Gasteiger partial charge in [0.1, 0.15) is 0 Å². The van der Waals surface area contributed by atoms with E-state index in [4.69, 9.17) is 27.9 Å². The molecular weight excluding hydrogens is 571 g/mol. The van der Waals surface area contributed by atoms with Crippen molar-refractivity contribution in [2.75, 3.05) is 23.5 Å². The molecule has 0 fully saturated rings. The van der Waals surface area contributed by atoms with Gasteiger partial charge in [-0.2, -0.15) is 5.26 Å². The highest BCUT2D eigenvalue weighted by atomic mass is 35.5. The van der Waals surface area contributed by atoms with E-state index in [1.165, 1.54) is 13.2 Å². The number of para-hydroxylation sites is 1. The van der Waals surface area contributed by atoms with Crippen LogP contribution in [0.3, 0.4) is 0 Å². The van der Waals surface area contributed by atoms with Crippen LogP contribution in [0.2, 0.25) is 10.0 Å². The molecule has 0 bridgehead atoms. The number of rotatable bonds is 8. The largest absolute Gasteiger partial charge is 0.504 e. The number of carbonyl (C=O) groups is 2. The Morgan fingerprint density at radius 2 is 1.85 bits per heavy atom. The number of nitriles is 1. The van der Waals surface area contributed by atoms with Crippen LogP contribution in [0.25, 0.3) is 0 Å². The van der Waals surface area contributed by atoms with Crippen molar-refractivity contribution in [3.8, 4) is 17.6 Å². The van der Waals surface area contributed by atoms with Crippen molar-refractivity contribution in [3.05, 3.63) is 104 Å². The van der Waals surface area contributed by atoms with Gasteiger partial charge in [-0.25, -0.2) is 0 Å². The smallest absolute Gasteiger partial charge is 0.254 e. The van der Waals surface area contributed by atoms with E-state index < -0.39 is 11.8 Å². The summed E-state index contributed by atoms with van der Waals surface area (Å²) in [5.41, 5.74) is 2.57. The molecule has 2 amide bonds. The first-order valence-electron chi connectivity index (χ1n) is 12.0. The van der Waals surface area contributed by atoms with Crippen LogP contribution in [0.15, 0.2) is 88.6 Å². The summed E-state index contributed by atoms with van der Waals surface area (Å²) in [6.45, 7) is 1.73. The Labute approximate surface area is 245 Å². The van der Waals surface area contributed by atoms with E-state index in [0.29, 0.717) is 38.3 Å². The van der Waals surface area contributed by atoms with Crippen molar-refractivity contribution in [3.63, 3.8) is 0 Å². The number of dihydropyridines is 1. The van der Waals surface area contributed by atoms with E-state index in [-0.39, 0.29) is 33.8 Å². The minimum absolute atomic E-state index is 0.0548. The lowest BCUT2D eigenvalue weighted by atomic mass is 9.82. The molecule has 0 spiro atoms. The van der Waals surface area contributed by atoms with Crippen LogP contribution in [-0.2, 0) is 9.59 Å². The molecule has 0 aromatic heterocycles. The molecule has 0 radical (unpaired) electrons. The second-order valence-corrected chi connectivity index (χ2v) is 10.4. The molecule has 0 saturated carbocycles. The fourth-order valence-electron chi connectivity index (χ4n) is 4.18. The molecule has 1 aliphatic heterocycles. The number of ether oxygens (including phenoxy) is 1. The molecule has 4 N–H and O–H groups in total. The van der Waals surface area contributed by atoms with Gasteiger partial charge in [0, 0.05) is 17.0 Å². The van der Waals surface area contributed by atoms with E-state index in [9.17, 15) is 20.0 Å². The van der Waals surface area contributed by atoms with Crippen molar-refractivity contribution in [1.82, 2.24) is 5.32 Å². The quantitative estimate of drug-likeness (QED) is 0.237. The number of anilines is 2. The number of amides is 2. The molecule has 4 rings (SSSR count). The van der Waals surface area contributed by atoms with Crippen LogP contribution in [0.4, 0.5) is 11.4 Å². The Bertz CT molecular complexity index is 1570. The van der Waals surface area contributed by atoms with Crippen LogP contribution in [0.5, 0.6) is 11.5 Å². The van der Waals surface area contributed by atoms with Gasteiger partial charge in [-0.15, -0.1) is 0 Å². The van der Waals surface area contributed by atoms with Crippen LogP contribution < -0.4 is 20.7 Å². The zero-order chi connectivity index (χ0) is 28.8. The zero-order valence-corrected chi connectivity index (χ0v) is 23.7. The molecule has 3 aromatic carbocycles. The maximum Gasteiger partial charge on any atom is 0.254 e. The van der Waals surface area contributed by atoms with Crippen LogP contribution in [0, 0.1) is 11.3 Å². The topological polar surface area (TPSA) is 123 Å². The van der Waals surface area contributed by atoms with E-state index >= 15 is 0 Å². The number of allylic oxidation sites excluding steroid dienone is 2. The van der Waals surface area contributed by atoms with Crippen LogP contribution in [-0.4, -0.2) is 29.8 Å².